The van der Waals surface area contributed by atoms with Crippen LogP contribution in [0, 0.1) is 0 Å². The molecule has 9 heteroatoms. The van der Waals surface area contributed by atoms with Gasteiger partial charge in [-0.1, -0.05) is 36.4 Å². The quantitative estimate of drug-likeness (QED) is 0.191. The lowest BCUT2D eigenvalue weighted by Gasteiger charge is -2.40. The molecule has 2 nitrogen and oxygen atoms in total. The highest BCUT2D eigenvalue weighted by atomic mass is 31.2. The van der Waals surface area contributed by atoms with E-state index in [1.807, 2.05) is 0 Å². The van der Waals surface area contributed by atoms with Crippen molar-refractivity contribution in [1.29, 1.82) is 0 Å². The summed E-state index contributed by atoms with van der Waals surface area (Å²) in [6, 6.07) is 24.3. The molecule has 0 unspecified atom stereocenters. The van der Waals surface area contributed by atoms with Gasteiger partial charge in [-0.05, 0) is 79.7 Å². The van der Waals surface area contributed by atoms with Crippen LogP contribution in [0.25, 0.3) is 0 Å². The van der Waals surface area contributed by atoms with Gasteiger partial charge in [0.25, 0.3) is 0 Å². The first-order valence-corrected chi connectivity index (χ1v) is 14.4. The maximum Gasteiger partial charge on any atom is 0.673 e. The standard InChI is InChI=1S/C25H39N2P2.BF4/c1-20(2)26(21(3)4)28-19-29(24-15-11-9-12-16-24,25-17-13-10-14-18-25)27(22(5)6)23(7)8;2-1(3,4)5/h9-23H,1-8H3;/q+1;-1. The minimum absolute atomic E-state index is 0.446. The van der Waals surface area contributed by atoms with Crippen LogP contribution in [0.1, 0.15) is 55.4 Å². The molecule has 0 aromatic heterocycles. The average Bonchev–Trinajstić information content (AvgIpc) is 2.72. The van der Waals surface area contributed by atoms with E-state index in [1.165, 1.54) is 19.0 Å². The minimum Gasteiger partial charge on any atom is -0.418 e. The Morgan fingerprint density at radius 1 is 0.647 bits per heavy atom. The molecule has 0 aliphatic heterocycles. The van der Waals surface area contributed by atoms with E-state index < -0.39 is 14.7 Å². The van der Waals surface area contributed by atoms with Crippen molar-refractivity contribution in [2.45, 2.75) is 79.6 Å². The molecule has 2 aromatic rings. The Labute approximate surface area is 206 Å². The molecule has 0 saturated carbocycles. The number of hydrogen-bond acceptors (Lipinski definition) is 2. The summed E-state index contributed by atoms with van der Waals surface area (Å²) in [6.07, 6.45) is 0. The van der Waals surface area contributed by atoms with E-state index in [4.69, 9.17) is 0 Å². The van der Waals surface area contributed by atoms with Gasteiger partial charge in [-0.15, -0.1) is 0 Å². The van der Waals surface area contributed by atoms with E-state index in [2.05, 4.69) is 131 Å². The van der Waals surface area contributed by atoms with E-state index >= 15 is 0 Å². The highest BCUT2D eigenvalue weighted by molar-refractivity contribution is 8.04. The second-order valence-corrected chi connectivity index (χ2v) is 13.7. The zero-order valence-electron chi connectivity index (χ0n) is 21.5. The van der Waals surface area contributed by atoms with Gasteiger partial charge < -0.3 is 17.3 Å². The Morgan fingerprint density at radius 3 is 1.24 bits per heavy atom. The molecule has 0 saturated heterocycles. The molecule has 0 spiro atoms. The van der Waals surface area contributed by atoms with Crippen LogP contribution < -0.4 is 10.6 Å². The lowest BCUT2D eigenvalue weighted by atomic mass is 10.3. The zero-order chi connectivity index (χ0) is 26.1. The van der Waals surface area contributed by atoms with Crippen LogP contribution in [0.2, 0.25) is 0 Å². The molecule has 2 aromatic carbocycles. The van der Waals surface area contributed by atoms with Crippen LogP contribution in [0.15, 0.2) is 60.7 Å². The maximum absolute atomic E-state index is 9.75. The summed E-state index contributed by atoms with van der Waals surface area (Å²) in [6.45, 7) is 18.6. The van der Waals surface area contributed by atoms with Gasteiger partial charge in [0.15, 0.2) is 7.41 Å². The normalized spacial score (nSPS) is 13.0. The fourth-order valence-corrected chi connectivity index (χ4v) is 10.9. The largest absolute Gasteiger partial charge is 0.673 e. The SMILES string of the molecule is CC(C)N(P=C[P+](c1ccccc1)(c1ccccc1)N(C(C)C)C(C)C)C(C)C.F[B-](F)(F)F. The van der Waals surface area contributed by atoms with Crippen molar-refractivity contribution in [3.05, 3.63) is 60.7 Å². The average molecular weight is 516 g/mol. The molecular weight excluding hydrogens is 477 g/mol. The third kappa shape index (κ3) is 9.08. The van der Waals surface area contributed by atoms with Crippen LogP contribution in [0.4, 0.5) is 17.3 Å². The molecule has 0 aliphatic carbocycles. The summed E-state index contributed by atoms with van der Waals surface area (Å²) < 4.78 is 44.3. The van der Waals surface area contributed by atoms with Crippen molar-refractivity contribution < 1.29 is 17.3 Å². The van der Waals surface area contributed by atoms with Crippen molar-refractivity contribution in [3.63, 3.8) is 0 Å². The third-order valence-electron chi connectivity index (χ3n) is 5.13. The molecule has 0 bridgehead atoms. The molecule has 2 rings (SSSR count). The Kier molecular flexibility index (Phi) is 12.4. The monoisotopic (exact) mass is 516 g/mol. The number of rotatable bonds is 9. The van der Waals surface area contributed by atoms with Gasteiger partial charge in [-0.2, -0.15) is 4.67 Å². The Balaban J connectivity index is 0.00000104. The molecule has 0 heterocycles. The first-order chi connectivity index (χ1) is 15.7. The van der Waals surface area contributed by atoms with Crippen molar-refractivity contribution in [2.75, 3.05) is 0 Å². The van der Waals surface area contributed by atoms with Crippen LogP contribution in [-0.4, -0.2) is 46.3 Å². The number of halogens is 4. The predicted octanol–water partition coefficient (Wildman–Crippen LogP) is 7.73. The number of nitrogens with zero attached hydrogens (tertiary/aromatic N) is 2. The lowest BCUT2D eigenvalue weighted by molar-refractivity contribution is 0.324. The van der Waals surface area contributed by atoms with Gasteiger partial charge in [0.2, 0.25) is 0 Å². The zero-order valence-corrected chi connectivity index (χ0v) is 23.3. The molecule has 0 amide bonds. The molecule has 0 aliphatic rings. The molecule has 34 heavy (non-hydrogen) atoms. The van der Waals surface area contributed by atoms with Crippen molar-refractivity contribution >= 4 is 39.2 Å². The Morgan fingerprint density at radius 2 is 0.971 bits per heavy atom. The molecule has 0 N–H and O–H groups in total. The Hall–Kier alpha value is -1.26. The summed E-state index contributed by atoms with van der Waals surface area (Å²) in [7, 11) is -6.61. The molecule has 0 atom stereocenters. The van der Waals surface area contributed by atoms with Crippen LogP contribution in [0.3, 0.4) is 0 Å². The predicted molar refractivity (Wildman–Crippen MR) is 146 cm³/mol. The molecule has 0 radical (unpaired) electrons. The minimum atomic E-state index is -6.00. The van der Waals surface area contributed by atoms with E-state index in [0.717, 1.165) is 0 Å². The van der Waals surface area contributed by atoms with Gasteiger partial charge >= 0.3 is 7.25 Å². The van der Waals surface area contributed by atoms with Crippen LogP contribution in [0.5, 0.6) is 0 Å². The van der Waals surface area contributed by atoms with Gasteiger partial charge in [0.1, 0.15) is 16.1 Å². The smallest absolute Gasteiger partial charge is 0.418 e. The summed E-state index contributed by atoms with van der Waals surface area (Å²) in [5, 5.41) is 2.88. The molecule has 0 fully saturated rings. The number of hydrogen-bond donors (Lipinski definition) is 0. The highest BCUT2D eigenvalue weighted by Crippen LogP contribution is 2.60. The van der Waals surface area contributed by atoms with E-state index in [-0.39, 0.29) is 0 Å². The van der Waals surface area contributed by atoms with Crippen molar-refractivity contribution in [3.8, 4) is 0 Å². The van der Waals surface area contributed by atoms with Crippen molar-refractivity contribution in [2.24, 2.45) is 0 Å². The van der Waals surface area contributed by atoms with Gasteiger partial charge in [-0.25, -0.2) is 4.67 Å². The second-order valence-electron chi connectivity index (χ2n) is 9.22. The third-order valence-corrected chi connectivity index (χ3v) is 11.9. The second kappa shape index (κ2) is 13.7. The topological polar surface area (TPSA) is 6.48 Å². The van der Waals surface area contributed by atoms with Crippen molar-refractivity contribution in [1.82, 2.24) is 9.34 Å². The summed E-state index contributed by atoms with van der Waals surface area (Å²) in [5.41, 5.74) is 2.64. The summed E-state index contributed by atoms with van der Waals surface area (Å²) in [5.74, 6) is 0. The van der Waals surface area contributed by atoms with Gasteiger partial charge in [-0.3, -0.25) is 0 Å². The van der Waals surface area contributed by atoms with E-state index in [9.17, 15) is 17.3 Å². The van der Waals surface area contributed by atoms with E-state index in [1.54, 1.807) is 0 Å². The lowest BCUT2D eigenvalue weighted by Crippen LogP contribution is -2.45. The van der Waals surface area contributed by atoms with Gasteiger partial charge in [0, 0.05) is 32.5 Å². The van der Waals surface area contributed by atoms with Gasteiger partial charge in [0.05, 0.1) is 0 Å². The highest BCUT2D eigenvalue weighted by Gasteiger charge is 2.50. The first kappa shape index (κ1) is 30.8. The summed E-state index contributed by atoms with van der Waals surface area (Å²) >= 11 is 0. The van der Waals surface area contributed by atoms with E-state index in [0.29, 0.717) is 24.2 Å². The molecular formula is C25H39BF4N2P2. The maximum atomic E-state index is 9.75. The van der Waals surface area contributed by atoms with Crippen LogP contribution in [-0.2, 0) is 0 Å². The number of benzene rings is 2. The van der Waals surface area contributed by atoms with Crippen LogP contribution >= 0.6 is 15.8 Å². The fourth-order valence-electron chi connectivity index (χ4n) is 4.24. The first-order valence-electron chi connectivity index (χ1n) is 11.7. The fraction of sp³-hybridized carbons (Fsp3) is 0.480. The summed E-state index contributed by atoms with van der Waals surface area (Å²) in [4.78, 5) is 0. The Bertz CT molecular complexity index is 799. The molecule has 190 valence electrons.